The molecule has 1 aliphatic rings. The topological polar surface area (TPSA) is 111 Å². The van der Waals surface area contributed by atoms with Crippen LogP contribution in [0.5, 0.6) is 5.75 Å². The number of rotatable bonds is 9. The van der Waals surface area contributed by atoms with E-state index >= 15 is 0 Å². The lowest BCUT2D eigenvalue weighted by molar-refractivity contribution is -0.121. The van der Waals surface area contributed by atoms with E-state index in [2.05, 4.69) is 20.4 Å². The number of benzene rings is 1. The normalized spacial score (nSPS) is 17.3. The lowest BCUT2D eigenvalue weighted by atomic mass is 10.1. The summed E-state index contributed by atoms with van der Waals surface area (Å²) in [5.74, 6) is 0.224. The predicted octanol–water partition coefficient (Wildman–Crippen LogP) is 3.15. The third-order valence-corrected chi connectivity index (χ3v) is 6.62. The minimum absolute atomic E-state index is 0.171. The fourth-order valence-corrected chi connectivity index (χ4v) is 4.60. The average Bonchev–Trinajstić information content (AvgIpc) is 3.17. The number of nitrogens with one attached hydrogen (secondary N) is 1. The van der Waals surface area contributed by atoms with E-state index in [1.165, 1.54) is 4.90 Å². The molecule has 1 N–H and O–H groups in total. The molecule has 1 aromatic carbocycles. The van der Waals surface area contributed by atoms with Gasteiger partial charge in [-0.05, 0) is 31.9 Å². The highest BCUT2D eigenvalue weighted by molar-refractivity contribution is 6.30. The van der Waals surface area contributed by atoms with Gasteiger partial charge in [-0.25, -0.2) is 14.5 Å². The van der Waals surface area contributed by atoms with Crippen molar-refractivity contribution in [3.05, 3.63) is 70.1 Å². The van der Waals surface area contributed by atoms with E-state index in [0.717, 1.165) is 11.1 Å². The van der Waals surface area contributed by atoms with Crippen LogP contribution in [0.25, 0.3) is 0 Å². The number of anilines is 1. The molecular formula is C27H31ClN6O4. The summed E-state index contributed by atoms with van der Waals surface area (Å²) in [4.78, 5) is 35.9. The van der Waals surface area contributed by atoms with Gasteiger partial charge in [0.1, 0.15) is 17.3 Å². The van der Waals surface area contributed by atoms with E-state index in [0.29, 0.717) is 41.8 Å². The summed E-state index contributed by atoms with van der Waals surface area (Å²) >= 11 is 6.70. The Labute approximate surface area is 226 Å². The summed E-state index contributed by atoms with van der Waals surface area (Å²) in [6.07, 6.45) is 3.18. The molecule has 0 radical (unpaired) electrons. The molecule has 11 heteroatoms. The smallest absolute Gasteiger partial charge is 0.359 e. The first kappa shape index (κ1) is 27.3. The van der Waals surface area contributed by atoms with Crippen molar-refractivity contribution in [2.24, 2.45) is 4.99 Å². The number of hydrogen-bond donors (Lipinski definition) is 1. The molecule has 0 spiro atoms. The summed E-state index contributed by atoms with van der Waals surface area (Å²) in [6, 6.07) is 10.9. The number of esters is 1. The second-order valence-corrected chi connectivity index (χ2v) is 9.22. The number of nitrogens with zero attached hydrogens (tertiary/aromatic N) is 5. The molecule has 0 aliphatic carbocycles. The summed E-state index contributed by atoms with van der Waals surface area (Å²) in [6.45, 7) is 4.54. The van der Waals surface area contributed by atoms with Crippen molar-refractivity contribution in [2.45, 2.75) is 39.0 Å². The van der Waals surface area contributed by atoms with Crippen LogP contribution in [0, 0.1) is 0 Å². The van der Waals surface area contributed by atoms with Crippen molar-refractivity contribution >= 4 is 35.5 Å². The van der Waals surface area contributed by atoms with Crippen LogP contribution in [0.3, 0.4) is 0 Å². The number of ether oxygens (including phenoxy) is 2. The van der Waals surface area contributed by atoms with E-state index in [4.69, 9.17) is 21.1 Å². The van der Waals surface area contributed by atoms with Gasteiger partial charge in [-0.15, -0.1) is 0 Å². The Bertz CT molecular complexity index is 1330. The maximum Gasteiger partial charge on any atom is 0.359 e. The molecule has 4 rings (SSSR count). The van der Waals surface area contributed by atoms with Crippen molar-refractivity contribution < 1.29 is 19.1 Å². The molecular weight excluding hydrogens is 508 g/mol. The quantitative estimate of drug-likeness (QED) is 0.329. The lowest BCUT2D eigenvalue weighted by Crippen LogP contribution is -2.51. The Balaban J connectivity index is 1.52. The van der Waals surface area contributed by atoms with Crippen molar-refractivity contribution in [1.29, 1.82) is 0 Å². The molecule has 10 nitrogen and oxygen atoms in total. The lowest BCUT2D eigenvalue weighted by Gasteiger charge is -2.23. The van der Waals surface area contributed by atoms with E-state index < -0.39 is 18.1 Å². The van der Waals surface area contributed by atoms with E-state index in [1.807, 2.05) is 43.3 Å². The zero-order valence-electron chi connectivity index (χ0n) is 21.8. The molecule has 1 amide bonds. The van der Waals surface area contributed by atoms with Gasteiger partial charge in [0, 0.05) is 44.2 Å². The second kappa shape index (κ2) is 12.2. The predicted molar refractivity (Wildman–Crippen MR) is 145 cm³/mol. The number of carbonyl (C=O) groups is 2. The van der Waals surface area contributed by atoms with Gasteiger partial charge in [0.2, 0.25) is 5.91 Å². The second-order valence-electron chi connectivity index (χ2n) is 8.86. The molecule has 2 atom stereocenters. The van der Waals surface area contributed by atoms with Gasteiger partial charge < -0.3 is 14.8 Å². The highest BCUT2D eigenvalue weighted by Gasteiger charge is 2.35. The number of pyridine rings is 1. The van der Waals surface area contributed by atoms with Crippen LogP contribution in [0.1, 0.15) is 41.0 Å². The molecule has 3 aromatic rings. The number of hydrogen-bond acceptors (Lipinski definition) is 8. The minimum Gasteiger partial charge on any atom is -0.485 e. The van der Waals surface area contributed by atoms with Crippen LogP contribution in [-0.4, -0.2) is 72.2 Å². The first-order valence-corrected chi connectivity index (χ1v) is 12.8. The molecule has 1 aliphatic heterocycles. The Hall–Kier alpha value is -3.76. The van der Waals surface area contributed by atoms with Crippen LogP contribution in [0.4, 0.5) is 5.82 Å². The van der Waals surface area contributed by atoms with Crippen molar-refractivity contribution in [1.82, 2.24) is 20.1 Å². The van der Waals surface area contributed by atoms with Crippen LogP contribution >= 0.6 is 11.6 Å². The maximum atomic E-state index is 13.3. The molecule has 0 bridgehead atoms. The summed E-state index contributed by atoms with van der Waals surface area (Å²) < 4.78 is 12.9. The Kier molecular flexibility index (Phi) is 8.75. The SMILES string of the molecule is CCOC(=O)c1nn(Cc2ccccc2)c(Cl)c1CCN[C@@H]1C(=O)N(C)c2ncc(C=NC)cc2O[C@@H]1C. The Morgan fingerprint density at radius 2 is 2.08 bits per heavy atom. The van der Waals surface area contributed by atoms with Crippen LogP contribution in [0.2, 0.25) is 5.15 Å². The first-order valence-electron chi connectivity index (χ1n) is 12.4. The molecule has 38 heavy (non-hydrogen) atoms. The van der Waals surface area contributed by atoms with E-state index in [1.54, 1.807) is 38.1 Å². The monoisotopic (exact) mass is 538 g/mol. The van der Waals surface area contributed by atoms with Gasteiger partial charge in [0.25, 0.3) is 0 Å². The average molecular weight is 539 g/mol. The molecule has 0 unspecified atom stereocenters. The summed E-state index contributed by atoms with van der Waals surface area (Å²) in [5.41, 5.74) is 2.51. The van der Waals surface area contributed by atoms with Gasteiger partial charge in [-0.1, -0.05) is 41.9 Å². The van der Waals surface area contributed by atoms with Crippen molar-refractivity contribution in [3.63, 3.8) is 0 Å². The van der Waals surface area contributed by atoms with Crippen molar-refractivity contribution in [2.75, 3.05) is 32.1 Å². The summed E-state index contributed by atoms with van der Waals surface area (Å²) in [5, 5.41) is 8.10. The maximum absolute atomic E-state index is 13.3. The Morgan fingerprint density at radius 3 is 2.79 bits per heavy atom. The zero-order valence-corrected chi connectivity index (χ0v) is 22.6. The van der Waals surface area contributed by atoms with Gasteiger partial charge in [-0.3, -0.25) is 14.7 Å². The molecule has 0 saturated carbocycles. The summed E-state index contributed by atoms with van der Waals surface area (Å²) in [7, 11) is 3.34. The number of aliphatic imine (C=N–C) groups is 1. The van der Waals surface area contributed by atoms with Crippen LogP contribution < -0.4 is 15.0 Å². The van der Waals surface area contributed by atoms with Crippen LogP contribution in [0.15, 0.2) is 47.6 Å². The van der Waals surface area contributed by atoms with Crippen LogP contribution in [-0.2, 0) is 22.5 Å². The van der Waals surface area contributed by atoms with E-state index in [9.17, 15) is 9.59 Å². The zero-order chi connectivity index (χ0) is 27.2. The number of halogens is 1. The van der Waals surface area contributed by atoms with Gasteiger partial charge >= 0.3 is 5.97 Å². The Morgan fingerprint density at radius 1 is 1.32 bits per heavy atom. The molecule has 0 fully saturated rings. The number of fused-ring (bicyclic) bond motifs is 1. The third-order valence-electron chi connectivity index (χ3n) is 6.19. The molecule has 200 valence electrons. The van der Waals surface area contributed by atoms with Gasteiger partial charge in [0.15, 0.2) is 17.3 Å². The van der Waals surface area contributed by atoms with E-state index in [-0.39, 0.29) is 18.2 Å². The minimum atomic E-state index is -0.651. The fraction of sp³-hybridized carbons (Fsp3) is 0.370. The largest absolute Gasteiger partial charge is 0.485 e. The molecule has 0 saturated heterocycles. The van der Waals surface area contributed by atoms with Gasteiger partial charge in [-0.2, -0.15) is 5.10 Å². The molecule has 3 heterocycles. The number of amides is 1. The highest BCUT2D eigenvalue weighted by atomic mass is 35.5. The molecule has 2 aromatic heterocycles. The fourth-order valence-electron chi connectivity index (χ4n) is 4.32. The third kappa shape index (κ3) is 5.87. The highest BCUT2D eigenvalue weighted by Crippen LogP contribution is 2.31. The van der Waals surface area contributed by atoms with Gasteiger partial charge in [0.05, 0.1) is 13.2 Å². The number of carbonyl (C=O) groups excluding carboxylic acids is 2. The first-order chi connectivity index (χ1) is 18.3. The standard InChI is InChI=1S/C27H31ClN6O4/c1-5-37-27(36)23-20(24(28)34(32-23)16-18-9-7-6-8-10-18)11-12-30-22-17(2)38-21-13-19(14-29-3)15-31-25(21)33(4)26(22)35/h6-10,13-15,17,22,30H,5,11-12,16H2,1-4H3/t17-,22+/m1/s1. The number of aromatic nitrogens is 3. The van der Waals surface area contributed by atoms with Crippen molar-refractivity contribution in [3.8, 4) is 5.75 Å². The number of likely N-dealkylation sites (N-methyl/N-ethyl adjacent to an activating group) is 1.